The third-order valence-electron chi connectivity index (χ3n) is 3.47. The molecule has 2 unspecified atom stereocenters. The number of nitrogens with one attached hydrogen (secondary N) is 1. The molecule has 1 fully saturated rings. The van der Waals surface area contributed by atoms with Crippen LogP contribution in [0.3, 0.4) is 0 Å². The fourth-order valence-corrected chi connectivity index (χ4v) is 2.55. The van der Waals surface area contributed by atoms with E-state index >= 15 is 0 Å². The van der Waals surface area contributed by atoms with Crippen molar-refractivity contribution in [1.29, 1.82) is 0 Å². The highest BCUT2D eigenvalue weighted by atomic mass is 15.2. The van der Waals surface area contributed by atoms with Gasteiger partial charge >= 0.3 is 0 Å². The van der Waals surface area contributed by atoms with E-state index in [1.807, 2.05) is 0 Å². The molecular weight excluding hydrogens is 198 g/mol. The van der Waals surface area contributed by atoms with Crippen LogP contribution in [-0.4, -0.2) is 62.2 Å². The molecule has 16 heavy (non-hydrogen) atoms. The normalized spacial score (nSPS) is 26.6. The number of hydrogen-bond donors (Lipinski definition) is 1. The summed E-state index contributed by atoms with van der Waals surface area (Å²) in [5.41, 5.74) is 0. The molecule has 0 spiro atoms. The van der Waals surface area contributed by atoms with E-state index in [2.05, 4.69) is 42.9 Å². The van der Waals surface area contributed by atoms with Crippen LogP contribution in [0.5, 0.6) is 0 Å². The molecule has 0 saturated carbocycles. The van der Waals surface area contributed by atoms with Gasteiger partial charge in [-0.05, 0) is 52.5 Å². The SMILES string of the molecule is CCNCC(C)CN1CCCN(C)CC1C. The molecule has 1 heterocycles. The molecule has 0 aliphatic carbocycles. The monoisotopic (exact) mass is 227 g/mol. The lowest BCUT2D eigenvalue weighted by atomic mass is 10.1. The summed E-state index contributed by atoms with van der Waals surface area (Å²) in [7, 11) is 2.24. The van der Waals surface area contributed by atoms with E-state index in [0.717, 1.165) is 19.0 Å². The maximum absolute atomic E-state index is 3.44. The van der Waals surface area contributed by atoms with E-state index in [4.69, 9.17) is 0 Å². The van der Waals surface area contributed by atoms with Gasteiger partial charge < -0.3 is 10.2 Å². The highest BCUT2D eigenvalue weighted by Crippen LogP contribution is 2.10. The summed E-state index contributed by atoms with van der Waals surface area (Å²) in [6.07, 6.45) is 1.31. The molecule has 3 nitrogen and oxygen atoms in total. The predicted molar refractivity (Wildman–Crippen MR) is 70.9 cm³/mol. The van der Waals surface area contributed by atoms with Crippen LogP contribution < -0.4 is 5.32 Å². The highest BCUT2D eigenvalue weighted by molar-refractivity contribution is 4.76. The lowest BCUT2D eigenvalue weighted by Crippen LogP contribution is -2.41. The Morgan fingerprint density at radius 2 is 2.12 bits per heavy atom. The van der Waals surface area contributed by atoms with Crippen LogP contribution in [0.1, 0.15) is 27.2 Å². The summed E-state index contributed by atoms with van der Waals surface area (Å²) in [4.78, 5) is 5.12. The Balaban J connectivity index is 2.33. The van der Waals surface area contributed by atoms with Crippen LogP contribution in [0.15, 0.2) is 0 Å². The second-order valence-electron chi connectivity index (χ2n) is 5.37. The van der Waals surface area contributed by atoms with Gasteiger partial charge in [-0.15, -0.1) is 0 Å². The lowest BCUT2D eigenvalue weighted by molar-refractivity contribution is 0.177. The minimum atomic E-state index is 0.705. The van der Waals surface area contributed by atoms with Crippen molar-refractivity contribution in [2.24, 2.45) is 5.92 Å². The zero-order valence-electron chi connectivity index (χ0n) is 11.5. The van der Waals surface area contributed by atoms with Crippen LogP contribution in [-0.2, 0) is 0 Å². The van der Waals surface area contributed by atoms with Gasteiger partial charge in [-0.2, -0.15) is 0 Å². The maximum atomic E-state index is 3.44. The molecule has 0 amide bonds. The van der Waals surface area contributed by atoms with Gasteiger partial charge in [0.25, 0.3) is 0 Å². The maximum Gasteiger partial charge on any atom is 0.0194 e. The smallest absolute Gasteiger partial charge is 0.0194 e. The predicted octanol–water partition coefficient (Wildman–Crippen LogP) is 1.26. The molecule has 3 heteroatoms. The van der Waals surface area contributed by atoms with Gasteiger partial charge in [-0.1, -0.05) is 13.8 Å². The van der Waals surface area contributed by atoms with Crippen LogP contribution in [0.4, 0.5) is 0 Å². The topological polar surface area (TPSA) is 18.5 Å². The number of hydrogen-bond acceptors (Lipinski definition) is 3. The molecule has 1 saturated heterocycles. The molecule has 1 rings (SSSR count). The largest absolute Gasteiger partial charge is 0.317 e. The van der Waals surface area contributed by atoms with Crippen molar-refractivity contribution < 1.29 is 0 Å². The van der Waals surface area contributed by atoms with E-state index in [1.165, 1.54) is 32.6 Å². The van der Waals surface area contributed by atoms with Gasteiger partial charge in [0.15, 0.2) is 0 Å². The van der Waals surface area contributed by atoms with E-state index in [0.29, 0.717) is 6.04 Å². The molecular formula is C13H29N3. The minimum absolute atomic E-state index is 0.705. The van der Waals surface area contributed by atoms with Crippen molar-refractivity contribution in [3.05, 3.63) is 0 Å². The molecule has 0 bridgehead atoms. The average Bonchev–Trinajstić information content (AvgIpc) is 2.38. The first-order valence-electron chi connectivity index (χ1n) is 6.76. The molecule has 1 N–H and O–H groups in total. The van der Waals surface area contributed by atoms with Gasteiger partial charge in [0.05, 0.1) is 0 Å². The molecule has 0 aromatic rings. The van der Waals surface area contributed by atoms with Gasteiger partial charge in [0, 0.05) is 19.1 Å². The Labute approximate surface area is 101 Å². The van der Waals surface area contributed by atoms with Crippen LogP contribution >= 0.6 is 0 Å². The second kappa shape index (κ2) is 7.25. The van der Waals surface area contributed by atoms with Crippen molar-refractivity contribution in [2.45, 2.75) is 33.2 Å². The molecule has 0 aromatic heterocycles. The van der Waals surface area contributed by atoms with E-state index < -0.39 is 0 Å². The summed E-state index contributed by atoms with van der Waals surface area (Å²) in [6.45, 7) is 14.1. The first kappa shape index (κ1) is 13.9. The molecule has 0 aromatic carbocycles. The van der Waals surface area contributed by atoms with Gasteiger partial charge in [0.2, 0.25) is 0 Å². The Bertz CT molecular complexity index is 184. The molecule has 1 aliphatic rings. The average molecular weight is 227 g/mol. The zero-order chi connectivity index (χ0) is 12.0. The van der Waals surface area contributed by atoms with E-state index in [9.17, 15) is 0 Å². The summed E-state index contributed by atoms with van der Waals surface area (Å²) in [5, 5.41) is 3.44. The lowest BCUT2D eigenvalue weighted by Gasteiger charge is -2.30. The van der Waals surface area contributed by atoms with E-state index in [1.54, 1.807) is 0 Å². The third-order valence-corrected chi connectivity index (χ3v) is 3.47. The first-order valence-corrected chi connectivity index (χ1v) is 6.76. The highest BCUT2D eigenvalue weighted by Gasteiger charge is 2.20. The Morgan fingerprint density at radius 3 is 2.81 bits per heavy atom. The summed E-state index contributed by atoms with van der Waals surface area (Å²) in [6, 6.07) is 0.705. The number of likely N-dealkylation sites (N-methyl/N-ethyl adjacent to an activating group) is 1. The Morgan fingerprint density at radius 1 is 1.38 bits per heavy atom. The van der Waals surface area contributed by atoms with Crippen molar-refractivity contribution in [1.82, 2.24) is 15.1 Å². The molecule has 1 aliphatic heterocycles. The summed E-state index contributed by atoms with van der Waals surface area (Å²) >= 11 is 0. The van der Waals surface area contributed by atoms with Crippen LogP contribution in [0.25, 0.3) is 0 Å². The molecule has 0 radical (unpaired) electrons. The van der Waals surface area contributed by atoms with Gasteiger partial charge in [0.1, 0.15) is 0 Å². The first-order chi connectivity index (χ1) is 7.63. The molecule has 2 atom stereocenters. The Kier molecular flexibility index (Phi) is 6.32. The van der Waals surface area contributed by atoms with Crippen molar-refractivity contribution in [3.8, 4) is 0 Å². The zero-order valence-corrected chi connectivity index (χ0v) is 11.5. The van der Waals surface area contributed by atoms with Crippen molar-refractivity contribution in [3.63, 3.8) is 0 Å². The minimum Gasteiger partial charge on any atom is -0.317 e. The standard InChI is InChI=1S/C13H29N3/c1-5-14-9-12(2)10-16-8-6-7-15(4)11-13(16)3/h12-14H,5-11H2,1-4H3. The fraction of sp³-hybridized carbons (Fsp3) is 1.00. The quantitative estimate of drug-likeness (QED) is 0.763. The van der Waals surface area contributed by atoms with Crippen molar-refractivity contribution >= 4 is 0 Å². The van der Waals surface area contributed by atoms with Gasteiger partial charge in [-0.3, -0.25) is 4.90 Å². The molecule has 96 valence electrons. The summed E-state index contributed by atoms with van der Waals surface area (Å²) in [5.74, 6) is 0.755. The fourth-order valence-electron chi connectivity index (χ4n) is 2.55. The van der Waals surface area contributed by atoms with Crippen LogP contribution in [0.2, 0.25) is 0 Å². The Hall–Kier alpha value is -0.120. The van der Waals surface area contributed by atoms with E-state index in [-0.39, 0.29) is 0 Å². The summed E-state index contributed by atoms with van der Waals surface area (Å²) < 4.78 is 0. The third kappa shape index (κ3) is 4.81. The second-order valence-corrected chi connectivity index (χ2v) is 5.37. The number of rotatable bonds is 5. The van der Waals surface area contributed by atoms with Crippen LogP contribution in [0, 0.1) is 5.92 Å². The van der Waals surface area contributed by atoms with Gasteiger partial charge in [-0.25, -0.2) is 0 Å². The number of nitrogens with zero attached hydrogens (tertiary/aromatic N) is 2. The van der Waals surface area contributed by atoms with Crippen molar-refractivity contribution in [2.75, 3.05) is 46.3 Å².